The maximum atomic E-state index is 10.2. The van der Waals surface area contributed by atoms with Crippen molar-refractivity contribution in [2.45, 2.75) is 69.7 Å². The number of fused-ring (bicyclic) bond motifs is 3. The molecule has 0 amide bonds. The minimum absolute atomic E-state index is 0.333. The van der Waals surface area contributed by atoms with Gasteiger partial charge in [0.2, 0.25) is 0 Å². The van der Waals surface area contributed by atoms with Gasteiger partial charge in [0, 0.05) is 54.8 Å². The topological polar surface area (TPSA) is 126 Å². The highest BCUT2D eigenvalue weighted by Gasteiger charge is 2.40. The maximum absolute atomic E-state index is 10.2. The predicted octanol–water partition coefficient (Wildman–Crippen LogP) is 3.64. The standard InChI is InChI=1S/C24H30N8O/c1-24(2,33)20-14-22(31-30-20)28-21-13-19-18(5-3-9-26-19)23(29-21)27-15-11-16-6-7-17(12-15)32(16)10-4-8-25/h3,5,9,13-17,33H,4,6-7,10-12H2,1-2H3,(H3,27,28,29,30,31)/t15?,16-,17+. The second kappa shape index (κ2) is 8.61. The molecular weight excluding hydrogens is 416 g/mol. The van der Waals surface area contributed by atoms with Crippen molar-refractivity contribution in [1.82, 2.24) is 25.1 Å². The van der Waals surface area contributed by atoms with Crippen LogP contribution in [0.4, 0.5) is 17.5 Å². The van der Waals surface area contributed by atoms with E-state index in [1.165, 1.54) is 12.8 Å². The Bertz CT molecular complexity index is 1160. The Kier molecular flexibility index (Phi) is 5.64. The second-order valence-corrected chi connectivity index (χ2v) is 9.62. The van der Waals surface area contributed by atoms with E-state index in [1.54, 1.807) is 26.1 Å². The highest BCUT2D eigenvalue weighted by molar-refractivity contribution is 5.91. The molecule has 3 aromatic rings. The lowest BCUT2D eigenvalue weighted by molar-refractivity contribution is 0.0738. The number of nitrogens with zero attached hydrogens (tertiary/aromatic N) is 5. The molecule has 2 aliphatic heterocycles. The van der Waals surface area contributed by atoms with Crippen molar-refractivity contribution in [3.63, 3.8) is 0 Å². The van der Waals surface area contributed by atoms with Crippen LogP contribution in [0, 0.1) is 11.3 Å². The molecule has 0 radical (unpaired) electrons. The molecule has 2 saturated heterocycles. The van der Waals surface area contributed by atoms with E-state index in [0.29, 0.717) is 41.9 Å². The van der Waals surface area contributed by atoms with Crippen molar-refractivity contribution < 1.29 is 5.11 Å². The fourth-order valence-electron chi connectivity index (χ4n) is 5.21. The molecule has 2 bridgehead atoms. The molecule has 9 nitrogen and oxygen atoms in total. The number of H-pyrrole nitrogens is 1. The van der Waals surface area contributed by atoms with Crippen LogP contribution in [0.1, 0.15) is 51.6 Å². The summed E-state index contributed by atoms with van der Waals surface area (Å²) in [6.07, 6.45) is 6.89. The number of aromatic amines is 1. The summed E-state index contributed by atoms with van der Waals surface area (Å²) < 4.78 is 0. The molecule has 0 aliphatic carbocycles. The molecule has 5 rings (SSSR count). The van der Waals surface area contributed by atoms with Gasteiger partial charge in [-0.3, -0.25) is 15.0 Å². The van der Waals surface area contributed by atoms with Gasteiger partial charge in [-0.25, -0.2) is 4.98 Å². The van der Waals surface area contributed by atoms with Gasteiger partial charge in [0.15, 0.2) is 5.82 Å². The summed E-state index contributed by atoms with van der Waals surface area (Å²) >= 11 is 0. The molecule has 3 atom stereocenters. The largest absolute Gasteiger partial charge is 0.384 e. The first-order valence-electron chi connectivity index (χ1n) is 11.6. The number of nitriles is 1. The zero-order chi connectivity index (χ0) is 23.0. The van der Waals surface area contributed by atoms with Gasteiger partial charge in [0.1, 0.15) is 17.2 Å². The van der Waals surface area contributed by atoms with Crippen molar-refractivity contribution in [3.8, 4) is 6.07 Å². The maximum Gasteiger partial charge on any atom is 0.153 e. The third-order valence-corrected chi connectivity index (χ3v) is 6.80. The molecule has 172 valence electrons. The first kappa shape index (κ1) is 21.6. The summed E-state index contributed by atoms with van der Waals surface area (Å²) in [5, 5.41) is 34.2. The average Bonchev–Trinajstić information content (AvgIpc) is 3.34. The summed E-state index contributed by atoms with van der Waals surface area (Å²) in [6.45, 7) is 4.30. The van der Waals surface area contributed by atoms with Crippen LogP contribution < -0.4 is 10.6 Å². The van der Waals surface area contributed by atoms with E-state index in [1.807, 2.05) is 18.2 Å². The van der Waals surface area contributed by atoms with Crippen LogP contribution >= 0.6 is 0 Å². The molecule has 4 N–H and O–H groups in total. The first-order chi connectivity index (χ1) is 15.9. The van der Waals surface area contributed by atoms with Gasteiger partial charge < -0.3 is 15.7 Å². The van der Waals surface area contributed by atoms with Crippen LogP contribution in [-0.4, -0.2) is 54.8 Å². The third kappa shape index (κ3) is 4.49. The lowest BCUT2D eigenvalue weighted by Gasteiger charge is -2.39. The van der Waals surface area contributed by atoms with Crippen molar-refractivity contribution in [2.24, 2.45) is 0 Å². The molecular formula is C24H30N8O. The predicted molar refractivity (Wildman–Crippen MR) is 127 cm³/mol. The molecule has 33 heavy (non-hydrogen) atoms. The average molecular weight is 447 g/mol. The van der Waals surface area contributed by atoms with Gasteiger partial charge in [0.05, 0.1) is 17.3 Å². The van der Waals surface area contributed by atoms with Gasteiger partial charge in [0.25, 0.3) is 0 Å². The molecule has 0 aromatic carbocycles. The first-order valence-corrected chi connectivity index (χ1v) is 11.6. The van der Waals surface area contributed by atoms with Crippen LogP contribution in [0.25, 0.3) is 10.9 Å². The number of anilines is 3. The molecule has 2 aliphatic rings. The van der Waals surface area contributed by atoms with Crippen molar-refractivity contribution in [2.75, 3.05) is 17.2 Å². The molecule has 1 unspecified atom stereocenters. The van der Waals surface area contributed by atoms with Crippen molar-refractivity contribution >= 4 is 28.4 Å². The molecule has 2 fully saturated rings. The Hall–Kier alpha value is -3.22. The van der Waals surface area contributed by atoms with E-state index >= 15 is 0 Å². The number of hydrogen-bond donors (Lipinski definition) is 4. The number of piperidine rings is 1. The summed E-state index contributed by atoms with van der Waals surface area (Å²) in [7, 11) is 0. The molecule has 5 heterocycles. The normalized spacial score (nSPS) is 22.9. The van der Waals surface area contributed by atoms with Crippen LogP contribution in [-0.2, 0) is 5.60 Å². The van der Waals surface area contributed by atoms with E-state index in [-0.39, 0.29) is 0 Å². The fraction of sp³-hybridized carbons (Fsp3) is 0.500. The number of aromatic nitrogens is 4. The van der Waals surface area contributed by atoms with E-state index in [4.69, 9.17) is 10.2 Å². The minimum Gasteiger partial charge on any atom is -0.384 e. The Balaban J connectivity index is 1.37. The number of rotatable bonds is 7. The van der Waals surface area contributed by atoms with Gasteiger partial charge in [-0.2, -0.15) is 10.4 Å². The summed E-state index contributed by atoms with van der Waals surface area (Å²) in [4.78, 5) is 11.9. The number of nitrogens with one attached hydrogen (secondary N) is 3. The summed E-state index contributed by atoms with van der Waals surface area (Å²) in [5.41, 5.74) is 0.477. The smallest absolute Gasteiger partial charge is 0.153 e. The van der Waals surface area contributed by atoms with Gasteiger partial charge in [-0.05, 0) is 51.7 Å². The highest BCUT2D eigenvalue weighted by atomic mass is 16.3. The second-order valence-electron chi connectivity index (χ2n) is 9.62. The lowest BCUT2D eigenvalue weighted by atomic mass is 9.97. The fourth-order valence-corrected chi connectivity index (χ4v) is 5.21. The Morgan fingerprint density at radius 3 is 2.73 bits per heavy atom. The zero-order valence-corrected chi connectivity index (χ0v) is 19.0. The minimum atomic E-state index is -1.00. The van der Waals surface area contributed by atoms with Gasteiger partial charge in [-0.1, -0.05) is 0 Å². The molecule has 9 heteroatoms. The zero-order valence-electron chi connectivity index (χ0n) is 19.0. The summed E-state index contributed by atoms with van der Waals surface area (Å²) in [5.74, 6) is 2.05. The van der Waals surface area contributed by atoms with E-state index in [0.717, 1.165) is 36.1 Å². The lowest BCUT2D eigenvalue weighted by Crippen LogP contribution is -2.47. The SMILES string of the molecule is CC(C)(O)c1cc(Nc2cc3ncccc3c(NC3C[C@H]4CC[C@@H](C3)N4CCC#N)n2)n[nH]1. The van der Waals surface area contributed by atoms with Crippen LogP contribution in [0.15, 0.2) is 30.5 Å². The van der Waals surface area contributed by atoms with Crippen molar-refractivity contribution in [1.29, 1.82) is 5.26 Å². The van der Waals surface area contributed by atoms with E-state index in [2.05, 4.69) is 36.8 Å². The Morgan fingerprint density at radius 2 is 2.03 bits per heavy atom. The third-order valence-electron chi connectivity index (χ3n) is 6.80. The van der Waals surface area contributed by atoms with Crippen LogP contribution in [0.2, 0.25) is 0 Å². The number of pyridine rings is 2. The quantitative estimate of drug-likeness (QED) is 0.433. The number of hydrogen-bond acceptors (Lipinski definition) is 8. The molecule has 0 saturated carbocycles. The number of aliphatic hydroxyl groups is 1. The van der Waals surface area contributed by atoms with E-state index < -0.39 is 5.60 Å². The van der Waals surface area contributed by atoms with Crippen molar-refractivity contribution in [3.05, 3.63) is 36.2 Å². The Labute approximate surface area is 193 Å². The van der Waals surface area contributed by atoms with Gasteiger partial charge >= 0.3 is 0 Å². The van der Waals surface area contributed by atoms with Crippen LogP contribution in [0.3, 0.4) is 0 Å². The summed E-state index contributed by atoms with van der Waals surface area (Å²) in [6, 6.07) is 11.3. The van der Waals surface area contributed by atoms with Gasteiger partial charge in [-0.15, -0.1) is 0 Å². The van der Waals surface area contributed by atoms with E-state index in [9.17, 15) is 5.11 Å². The molecule has 3 aromatic heterocycles. The molecule has 0 spiro atoms. The highest BCUT2D eigenvalue weighted by Crippen LogP contribution is 2.37. The monoisotopic (exact) mass is 446 g/mol. The van der Waals surface area contributed by atoms with Crippen LogP contribution in [0.5, 0.6) is 0 Å². The Morgan fingerprint density at radius 1 is 1.24 bits per heavy atom.